The van der Waals surface area contributed by atoms with Crippen LogP contribution in [-0.2, 0) is 0 Å². The summed E-state index contributed by atoms with van der Waals surface area (Å²) in [6, 6.07) is 10.4. The fourth-order valence-corrected chi connectivity index (χ4v) is 4.02. The molecule has 3 rings (SSSR count). The molecule has 1 aliphatic rings. The molecule has 1 N–H and O–H groups in total. The van der Waals surface area contributed by atoms with Crippen LogP contribution < -0.4 is 5.32 Å². The molecule has 0 aliphatic carbocycles. The molecule has 1 aromatic heterocycles. The van der Waals surface area contributed by atoms with E-state index in [1.807, 2.05) is 4.90 Å². The summed E-state index contributed by atoms with van der Waals surface area (Å²) in [6.45, 7) is 12.2. The Morgan fingerprint density at radius 2 is 1.81 bits per heavy atom. The Bertz CT molecular complexity index is 776. The van der Waals surface area contributed by atoms with Gasteiger partial charge in [0.25, 0.3) is 5.91 Å². The van der Waals surface area contributed by atoms with Crippen molar-refractivity contribution in [2.75, 3.05) is 26.2 Å². The van der Waals surface area contributed by atoms with Gasteiger partial charge >= 0.3 is 0 Å². The van der Waals surface area contributed by atoms with Crippen molar-refractivity contribution in [3.63, 3.8) is 0 Å². The number of carbonyl (C=O) groups excluding carboxylic acids is 1. The predicted molar refractivity (Wildman–Crippen MR) is 114 cm³/mol. The van der Waals surface area contributed by atoms with Crippen LogP contribution in [0.5, 0.6) is 0 Å². The van der Waals surface area contributed by atoms with Crippen LogP contribution in [0.25, 0.3) is 5.69 Å². The number of carbonyl (C=O) groups is 1. The number of likely N-dealkylation sites (tertiary alicyclic amines) is 1. The third-order valence-electron chi connectivity index (χ3n) is 5.60. The molecule has 4 nitrogen and oxygen atoms in total. The average Bonchev–Trinajstić information content (AvgIpc) is 2.94. The summed E-state index contributed by atoms with van der Waals surface area (Å²) in [7, 11) is 0. The largest absolute Gasteiger partial charge is 0.339 e. The number of aromatic nitrogens is 1. The van der Waals surface area contributed by atoms with Crippen LogP contribution in [0.3, 0.4) is 0 Å². The highest BCUT2D eigenvalue weighted by molar-refractivity contribution is 5.96. The number of nitrogens with one attached hydrogen (secondary N) is 1. The fourth-order valence-electron chi connectivity index (χ4n) is 4.02. The van der Waals surface area contributed by atoms with E-state index in [4.69, 9.17) is 0 Å². The van der Waals surface area contributed by atoms with E-state index in [2.05, 4.69) is 67.9 Å². The van der Waals surface area contributed by atoms with E-state index in [-0.39, 0.29) is 18.3 Å². The van der Waals surface area contributed by atoms with E-state index >= 15 is 0 Å². The second-order valence-electron chi connectivity index (χ2n) is 7.45. The third kappa shape index (κ3) is 4.56. The fraction of sp³-hybridized carbons (Fsp3) is 0.500. The molecule has 0 saturated carbocycles. The first-order valence-electron chi connectivity index (χ1n) is 9.77. The first-order chi connectivity index (χ1) is 12.5. The van der Waals surface area contributed by atoms with Crippen LogP contribution in [0.15, 0.2) is 30.3 Å². The number of hydrogen-bond acceptors (Lipinski definition) is 2. The second kappa shape index (κ2) is 9.43. The van der Waals surface area contributed by atoms with Gasteiger partial charge in [-0.05, 0) is 70.3 Å². The molecule has 148 valence electrons. The van der Waals surface area contributed by atoms with Crippen molar-refractivity contribution in [3.05, 3.63) is 52.8 Å². The maximum atomic E-state index is 13.1. The van der Waals surface area contributed by atoms with Gasteiger partial charge in [0.15, 0.2) is 0 Å². The van der Waals surface area contributed by atoms with Crippen molar-refractivity contribution in [1.82, 2.24) is 14.8 Å². The lowest BCUT2D eigenvalue weighted by Gasteiger charge is -2.32. The topological polar surface area (TPSA) is 37.3 Å². The van der Waals surface area contributed by atoms with Crippen molar-refractivity contribution in [1.29, 1.82) is 0 Å². The lowest BCUT2D eigenvalue weighted by molar-refractivity contribution is 0.0689. The van der Waals surface area contributed by atoms with Gasteiger partial charge < -0.3 is 14.8 Å². The van der Waals surface area contributed by atoms with E-state index in [0.717, 1.165) is 61.7 Å². The summed E-state index contributed by atoms with van der Waals surface area (Å²) in [5, 5.41) is 3.43. The van der Waals surface area contributed by atoms with Crippen molar-refractivity contribution in [3.8, 4) is 5.69 Å². The zero-order valence-electron chi connectivity index (χ0n) is 16.9. The summed E-state index contributed by atoms with van der Waals surface area (Å²) >= 11 is 0. The second-order valence-corrected chi connectivity index (χ2v) is 7.45. The molecule has 0 spiro atoms. The van der Waals surface area contributed by atoms with Gasteiger partial charge in [0.2, 0.25) is 0 Å². The number of benzene rings is 1. The zero-order chi connectivity index (χ0) is 18.7. The van der Waals surface area contributed by atoms with Crippen LogP contribution in [0.1, 0.15) is 47.1 Å². The van der Waals surface area contributed by atoms with Crippen LogP contribution in [-0.4, -0.2) is 41.6 Å². The van der Waals surface area contributed by atoms with Crippen LogP contribution >= 0.6 is 12.4 Å². The quantitative estimate of drug-likeness (QED) is 0.828. The van der Waals surface area contributed by atoms with E-state index in [9.17, 15) is 4.79 Å². The summed E-state index contributed by atoms with van der Waals surface area (Å²) < 4.78 is 2.21. The molecule has 0 bridgehead atoms. The first kappa shape index (κ1) is 21.5. The average molecular weight is 390 g/mol. The molecule has 2 aromatic rings. The Kier molecular flexibility index (Phi) is 7.51. The van der Waals surface area contributed by atoms with E-state index in [1.165, 1.54) is 5.56 Å². The SMILES string of the molecule is CCNCC1CCN(C(=O)c2cc(C)n(-c3ccccc3C)c2C)CC1.Cl. The highest BCUT2D eigenvalue weighted by Gasteiger charge is 2.26. The minimum Gasteiger partial charge on any atom is -0.339 e. The molecular formula is C22H32ClN3O. The van der Waals surface area contributed by atoms with Gasteiger partial charge in [-0.25, -0.2) is 0 Å². The number of rotatable bonds is 5. The Morgan fingerprint density at radius 1 is 1.15 bits per heavy atom. The highest BCUT2D eigenvalue weighted by Crippen LogP contribution is 2.26. The highest BCUT2D eigenvalue weighted by atomic mass is 35.5. The number of halogens is 1. The molecule has 1 aliphatic heterocycles. The first-order valence-corrected chi connectivity index (χ1v) is 9.77. The number of amides is 1. The lowest BCUT2D eigenvalue weighted by atomic mass is 9.96. The maximum Gasteiger partial charge on any atom is 0.255 e. The summed E-state index contributed by atoms with van der Waals surface area (Å²) in [5.74, 6) is 0.873. The molecular weight excluding hydrogens is 358 g/mol. The minimum absolute atomic E-state index is 0. The maximum absolute atomic E-state index is 13.1. The summed E-state index contributed by atoms with van der Waals surface area (Å²) in [4.78, 5) is 15.2. The number of hydrogen-bond donors (Lipinski definition) is 1. The number of nitrogens with zero attached hydrogens (tertiary/aromatic N) is 2. The van der Waals surface area contributed by atoms with Gasteiger partial charge in [0.05, 0.1) is 5.56 Å². The van der Waals surface area contributed by atoms with Crippen LogP contribution in [0.4, 0.5) is 0 Å². The van der Waals surface area contributed by atoms with Crippen LogP contribution in [0.2, 0.25) is 0 Å². The van der Waals surface area contributed by atoms with Crippen molar-refractivity contribution >= 4 is 18.3 Å². The molecule has 1 amide bonds. The molecule has 0 radical (unpaired) electrons. The number of para-hydroxylation sites is 1. The number of aryl methyl sites for hydroxylation is 2. The van der Waals surface area contributed by atoms with E-state index in [1.54, 1.807) is 0 Å². The van der Waals surface area contributed by atoms with Gasteiger partial charge in [-0.1, -0.05) is 25.1 Å². The van der Waals surface area contributed by atoms with Crippen LogP contribution in [0, 0.1) is 26.7 Å². The molecule has 0 atom stereocenters. The van der Waals surface area contributed by atoms with E-state index < -0.39 is 0 Å². The van der Waals surface area contributed by atoms with Gasteiger partial charge in [0.1, 0.15) is 0 Å². The minimum atomic E-state index is 0. The predicted octanol–water partition coefficient (Wildman–Crippen LogP) is 4.29. The Hall–Kier alpha value is -1.78. The molecule has 1 aromatic carbocycles. The van der Waals surface area contributed by atoms with Crippen molar-refractivity contribution < 1.29 is 4.79 Å². The van der Waals surface area contributed by atoms with Gasteiger partial charge in [-0.3, -0.25) is 4.79 Å². The molecule has 1 saturated heterocycles. The van der Waals surface area contributed by atoms with E-state index in [0.29, 0.717) is 5.92 Å². The van der Waals surface area contributed by atoms with Gasteiger partial charge in [-0.2, -0.15) is 0 Å². The van der Waals surface area contributed by atoms with Gasteiger partial charge in [-0.15, -0.1) is 12.4 Å². The third-order valence-corrected chi connectivity index (χ3v) is 5.60. The standard InChI is InChI=1S/C22H31N3O.ClH/c1-5-23-15-19-10-12-24(13-11-19)22(26)20-14-17(3)25(18(20)4)21-9-7-6-8-16(21)2;/h6-9,14,19,23H,5,10-13,15H2,1-4H3;1H. The number of piperidine rings is 1. The zero-order valence-corrected chi connectivity index (χ0v) is 17.7. The van der Waals surface area contributed by atoms with Gasteiger partial charge in [0, 0.05) is 30.2 Å². The Balaban J connectivity index is 0.00000261. The lowest BCUT2D eigenvalue weighted by Crippen LogP contribution is -2.40. The summed E-state index contributed by atoms with van der Waals surface area (Å²) in [6.07, 6.45) is 2.19. The smallest absolute Gasteiger partial charge is 0.255 e. The Labute approximate surface area is 169 Å². The molecule has 5 heteroatoms. The van der Waals surface area contributed by atoms with Crippen molar-refractivity contribution in [2.24, 2.45) is 5.92 Å². The molecule has 0 unspecified atom stereocenters. The monoisotopic (exact) mass is 389 g/mol. The summed E-state index contributed by atoms with van der Waals surface area (Å²) in [5.41, 5.74) is 5.37. The molecule has 1 fully saturated rings. The van der Waals surface area contributed by atoms with Crippen molar-refractivity contribution in [2.45, 2.75) is 40.5 Å². The molecule has 2 heterocycles. The molecule has 27 heavy (non-hydrogen) atoms. The normalized spacial score (nSPS) is 14.9. The Morgan fingerprint density at radius 3 is 2.44 bits per heavy atom.